The number of pyridine rings is 1. The fourth-order valence-electron chi connectivity index (χ4n) is 9.51. The van der Waals surface area contributed by atoms with Crippen LogP contribution >= 0.6 is 11.6 Å². The topological polar surface area (TPSA) is 197 Å². The molecule has 18 heteroatoms. The number of nitrogens with one attached hydrogen (secondary N) is 3. The number of fused-ring (bicyclic) bond motifs is 2. The molecule has 0 bridgehead atoms. The minimum atomic E-state index is -0.976. The third kappa shape index (κ3) is 8.36. The van der Waals surface area contributed by atoms with E-state index in [1.54, 1.807) is 22.9 Å². The zero-order chi connectivity index (χ0) is 44.1. The Hall–Kier alpha value is -5.91. The van der Waals surface area contributed by atoms with E-state index in [0.717, 1.165) is 79.6 Å². The van der Waals surface area contributed by atoms with Crippen molar-refractivity contribution in [1.29, 1.82) is 0 Å². The molecule has 3 N–H and O–H groups in total. The van der Waals surface area contributed by atoms with Gasteiger partial charge in [0.1, 0.15) is 11.1 Å². The van der Waals surface area contributed by atoms with Gasteiger partial charge in [-0.05, 0) is 107 Å². The number of hydrogen-bond acceptors (Lipinski definition) is 13. The summed E-state index contributed by atoms with van der Waals surface area (Å²) in [6.45, 7) is 6.84. The van der Waals surface area contributed by atoms with E-state index in [1.807, 2.05) is 44.2 Å². The van der Waals surface area contributed by atoms with Crippen molar-refractivity contribution in [3.05, 3.63) is 80.7 Å². The van der Waals surface area contributed by atoms with Gasteiger partial charge in [0.05, 0.1) is 35.0 Å². The third-order valence-electron chi connectivity index (χ3n) is 13.0. The Labute approximate surface area is 368 Å². The van der Waals surface area contributed by atoms with Crippen LogP contribution < -0.4 is 31.1 Å². The van der Waals surface area contributed by atoms with Crippen molar-refractivity contribution in [2.75, 3.05) is 50.1 Å². The van der Waals surface area contributed by atoms with Crippen molar-refractivity contribution >= 4 is 69.5 Å². The fraction of sp³-hybridized carbons (Fsp3) is 0.467. The van der Waals surface area contributed by atoms with Crippen LogP contribution in [-0.4, -0.2) is 118 Å². The number of benzene rings is 2. The lowest BCUT2D eigenvalue weighted by Gasteiger charge is -2.43. The Morgan fingerprint density at radius 2 is 1.71 bits per heavy atom. The third-order valence-corrected chi connectivity index (χ3v) is 13.3. The molecule has 9 rings (SSSR count). The molecule has 1 aliphatic carbocycles. The average molecular weight is 880 g/mol. The van der Waals surface area contributed by atoms with Crippen molar-refractivity contribution in [2.24, 2.45) is 0 Å². The van der Waals surface area contributed by atoms with Crippen LogP contribution in [0.1, 0.15) is 97.0 Å². The van der Waals surface area contributed by atoms with Crippen LogP contribution in [0.3, 0.4) is 0 Å². The van der Waals surface area contributed by atoms with Gasteiger partial charge < -0.3 is 29.6 Å². The fourth-order valence-corrected chi connectivity index (χ4v) is 9.65. The second-order valence-corrected chi connectivity index (χ2v) is 17.7. The number of hydrogen-bond donors (Lipinski definition) is 3. The van der Waals surface area contributed by atoms with Crippen LogP contribution in [0.4, 0.5) is 17.5 Å². The van der Waals surface area contributed by atoms with Gasteiger partial charge in [-0.15, -0.1) is 0 Å². The molecule has 5 amide bonds. The predicted octanol–water partition coefficient (Wildman–Crippen LogP) is 4.30. The van der Waals surface area contributed by atoms with Crippen LogP contribution in [0.2, 0.25) is 5.02 Å². The molecule has 6 heterocycles. The van der Waals surface area contributed by atoms with Crippen molar-refractivity contribution in [1.82, 2.24) is 35.0 Å². The molecule has 2 aromatic carbocycles. The molecule has 1 saturated carbocycles. The van der Waals surface area contributed by atoms with Gasteiger partial charge >= 0.3 is 0 Å². The van der Waals surface area contributed by atoms with E-state index >= 15 is 0 Å². The first kappa shape index (κ1) is 42.4. The molecule has 2 atom stereocenters. The van der Waals surface area contributed by atoms with Gasteiger partial charge in [0.25, 0.3) is 23.3 Å². The molecule has 0 spiro atoms. The van der Waals surface area contributed by atoms with Crippen molar-refractivity contribution < 1.29 is 33.4 Å². The van der Waals surface area contributed by atoms with E-state index in [9.17, 15) is 28.8 Å². The number of amides is 5. The molecule has 17 nitrogen and oxygen atoms in total. The number of nitrogens with zero attached hydrogens (tertiary/aromatic N) is 6. The largest absolute Gasteiger partial charge is 0.478 e. The second kappa shape index (κ2) is 17.3. The van der Waals surface area contributed by atoms with Gasteiger partial charge in [-0.3, -0.25) is 43.9 Å². The smallest absolute Gasteiger partial charge is 0.293 e. The zero-order valence-electron chi connectivity index (χ0n) is 35.4. The Kier molecular flexibility index (Phi) is 11.7. The van der Waals surface area contributed by atoms with Gasteiger partial charge in [-0.2, -0.15) is 4.98 Å². The summed E-state index contributed by atoms with van der Waals surface area (Å²) in [5, 5.41) is 9.18. The van der Waals surface area contributed by atoms with E-state index in [1.165, 1.54) is 7.05 Å². The second-order valence-electron chi connectivity index (χ2n) is 17.3. The van der Waals surface area contributed by atoms with Crippen LogP contribution in [-0.2, 0) is 19.1 Å². The number of piperidine rings is 2. The number of likely N-dealkylation sites (tertiary alicyclic amines) is 1. The summed E-state index contributed by atoms with van der Waals surface area (Å²) in [7, 11) is 1.51. The molecule has 5 aliphatic rings. The summed E-state index contributed by atoms with van der Waals surface area (Å²) in [4.78, 5) is 90.8. The van der Waals surface area contributed by atoms with Crippen LogP contribution in [0.25, 0.3) is 10.9 Å². The van der Waals surface area contributed by atoms with Crippen molar-refractivity contribution in [2.45, 2.75) is 95.0 Å². The highest BCUT2D eigenvalue weighted by atomic mass is 35.5. The number of imide groups is 2. The minimum Gasteiger partial charge on any atom is -0.478 e. The first-order valence-corrected chi connectivity index (χ1v) is 22.0. The molecule has 0 radical (unpaired) electrons. The highest BCUT2D eigenvalue weighted by Gasteiger charge is 2.45. The predicted molar refractivity (Wildman–Crippen MR) is 234 cm³/mol. The van der Waals surface area contributed by atoms with E-state index in [-0.39, 0.29) is 60.8 Å². The number of anilines is 3. The van der Waals surface area contributed by atoms with Gasteiger partial charge in [-0.1, -0.05) is 17.7 Å². The monoisotopic (exact) mass is 879 g/mol. The maximum absolute atomic E-state index is 13.4. The quantitative estimate of drug-likeness (QED) is 0.171. The Balaban J connectivity index is 0.761. The van der Waals surface area contributed by atoms with E-state index < -0.39 is 29.7 Å². The van der Waals surface area contributed by atoms with Crippen molar-refractivity contribution in [3.63, 3.8) is 0 Å². The SMILES string of the molecule is CNC(=O)COc1cc2cc(Nc3nc(N4CCC(O[C@H]5C[C@H](N6CCC(c7ccc8c(c7)C(=O)N(C7CCC(=O)NC7=O)C8=O)C6)C5)CC4)ncc3Cl)ccc2n(C(C)C)c1=O. The molecule has 4 fully saturated rings. The summed E-state index contributed by atoms with van der Waals surface area (Å²) in [5.74, 6) is -0.973. The number of likely N-dealkylation sites (N-methyl/N-ethyl adjacent to an activating group) is 1. The maximum atomic E-state index is 13.4. The Bertz CT molecular complexity index is 2570. The number of ether oxygens (including phenoxy) is 2. The summed E-state index contributed by atoms with van der Waals surface area (Å²) in [6, 6.07) is 12.0. The molecule has 2 unspecified atom stereocenters. The summed E-state index contributed by atoms with van der Waals surface area (Å²) >= 11 is 6.59. The molecule has 2 aromatic heterocycles. The zero-order valence-corrected chi connectivity index (χ0v) is 36.2. The maximum Gasteiger partial charge on any atom is 0.293 e. The van der Waals surface area contributed by atoms with Crippen LogP contribution in [0, 0.1) is 0 Å². The highest BCUT2D eigenvalue weighted by Crippen LogP contribution is 2.39. The first-order valence-electron chi connectivity index (χ1n) is 21.7. The highest BCUT2D eigenvalue weighted by molar-refractivity contribution is 6.33. The molecule has 4 aliphatic heterocycles. The number of carbonyl (C=O) groups excluding carboxylic acids is 5. The average Bonchev–Trinajstić information content (AvgIpc) is 3.84. The normalized spacial score (nSPS) is 23.0. The lowest BCUT2D eigenvalue weighted by atomic mass is 9.87. The van der Waals surface area contributed by atoms with E-state index in [4.69, 9.17) is 26.1 Å². The molecular weight excluding hydrogens is 830 g/mol. The standard InChI is InChI=1S/C45H50ClN9O8/c1-24(2)54-35-7-5-28(16-27(35)18-37(44(54)61)62-23-39(57)47-3)49-40-34(46)21-48-45(51-40)52-14-11-30(12-15-52)63-31-19-29(20-31)53-13-10-26(22-53)25-4-6-32-33(17-25)43(60)55(42(32)59)36-8-9-38(56)50-41(36)58/h4-7,16-18,21,24,26,29-31,36H,8-15,19-20,22-23H2,1-3H3,(H,47,57)(H,48,49,51)(H,50,56,58)/t26?,29-,31-,36?. The van der Waals surface area contributed by atoms with Gasteiger partial charge in [0.2, 0.25) is 17.8 Å². The van der Waals surface area contributed by atoms with Crippen LogP contribution in [0.15, 0.2) is 53.5 Å². The molecule has 3 saturated heterocycles. The molecular formula is C45H50ClN9O8. The number of rotatable bonds is 12. The number of halogens is 1. The molecule has 4 aromatic rings. The van der Waals surface area contributed by atoms with Gasteiger partial charge in [-0.25, -0.2) is 4.98 Å². The lowest BCUT2D eigenvalue weighted by molar-refractivity contribution is -0.136. The molecule has 63 heavy (non-hydrogen) atoms. The molecule has 330 valence electrons. The lowest BCUT2D eigenvalue weighted by Crippen LogP contribution is -2.54. The van der Waals surface area contributed by atoms with Gasteiger partial charge in [0.15, 0.2) is 18.2 Å². The summed E-state index contributed by atoms with van der Waals surface area (Å²) in [5.41, 5.74) is 2.76. The number of carbonyl (C=O) groups is 5. The summed E-state index contributed by atoms with van der Waals surface area (Å²) in [6.07, 6.45) is 6.72. The minimum absolute atomic E-state index is 0.0847. The van der Waals surface area contributed by atoms with E-state index in [2.05, 4.69) is 30.7 Å². The van der Waals surface area contributed by atoms with Crippen molar-refractivity contribution in [3.8, 4) is 5.75 Å². The number of aromatic nitrogens is 3. The van der Waals surface area contributed by atoms with E-state index in [0.29, 0.717) is 39.6 Å². The Morgan fingerprint density at radius 3 is 2.46 bits per heavy atom. The van der Waals surface area contributed by atoms with Gasteiger partial charge in [0, 0.05) is 56.3 Å². The summed E-state index contributed by atoms with van der Waals surface area (Å²) < 4.78 is 13.8. The van der Waals surface area contributed by atoms with Crippen LogP contribution in [0.5, 0.6) is 5.75 Å². The first-order chi connectivity index (χ1) is 30.3. The Morgan fingerprint density at radius 1 is 0.937 bits per heavy atom.